The molecule has 1 nitrogen and oxygen atoms in total. The maximum atomic E-state index is 8.07. The van der Waals surface area contributed by atoms with Crippen LogP contribution >= 0.6 is 0 Å². The molecule has 0 aromatic rings. The van der Waals surface area contributed by atoms with Gasteiger partial charge in [0.2, 0.25) is 0 Å². The fraction of sp³-hybridized carbons (Fsp3) is 1.00. The minimum Gasteiger partial charge on any atom is -0.397 e. The van der Waals surface area contributed by atoms with Crippen molar-refractivity contribution < 1.29 is 5.11 Å². The lowest BCUT2D eigenvalue weighted by molar-refractivity contribution is 0.318. The topological polar surface area (TPSA) is 20.2 Å². The van der Waals surface area contributed by atoms with E-state index in [-0.39, 0.29) is 0 Å². The lowest BCUT2D eigenvalue weighted by atomic mass is 9.79. The van der Waals surface area contributed by atoms with Crippen molar-refractivity contribution in [2.45, 2.75) is 13.1 Å². The fourth-order valence-electron chi connectivity index (χ4n) is 0.158. The molecule has 0 spiro atoms. The van der Waals surface area contributed by atoms with Crippen molar-refractivity contribution >= 4 is 7.28 Å². The largest absolute Gasteiger partial charge is 0.397 e. The van der Waals surface area contributed by atoms with E-state index >= 15 is 0 Å². The standard InChI is InChI=1S/C3H9BO/c1-4-2-3-5/h4-5H,2-3H2,1H3. The Morgan fingerprint density at radius 3 is 2.40 bits per heavy atom. The second-order valence-corrected chi connectivity index (χ2v) is 1.08. The summed E-state index contributed by atoms with van der Waals surface area (Å²) in [6, 6.07) is 0. The van der Waals surface area contributed by atoms with Crippen LogP contribution in [0.3, 0.4) is 0 Å². The highest BCUT2D eigenvalue weighted by molar-refractivity contribution is 6.33. The predicted molar refractivity (Wildman–Crippen MR) is 24.9 cm³/mol. The van der Waals surface area contributed by atoms with Crippen LogP contribution in [-0.2, 0) is 0 Å². The van der Waals surface area contributed by atoms with E-state index in [0.29, 0.717) is 6.61 Å². The van der Waals surface area contributed by atoms with Crippen LogP contribution < -0.4 is 0 Å². The van der Waals surface area contributed by atoms with Crippen molar-refractivity contribution in [3.05, 3.63) is 0 Å². The first-order valence-electron chi connectivity index (χ1n) is 2.02. The van der Waals surface area contributed by atoms with Gasteiger partial charge in [0.05, 0.1) is 0 Å². The van der Waals surface area contributed by atoms with Gasteiger partial charge in [-0.05, 0) is 0 Å². The zero-order valence-corrected chi connectivity index (χ0v) is 3.57. The molecule has 1 N–H and O–H groups in total. The first-order valence-corrected chi connectivity index (χ1v) is 2.02. The van der Waals surface area contributed by atoms with Crippen molar-refractivity contribution in [2.75, 3.05) is 6.61 Å². The normalized spacial score (nSPS) is 7.60. The SMILES string of the molecule is CBCCO. The van der Waals surface area contributed by atoms with Crippen molar-refractivity contribution in [2.24, 2.45) is 0 Å². The van der Waals surface area contributed by atoms with Gasteiger partial charge in [-0.1, -0.05) is 13.1 Å². The zero-order chi connectivity index (χ0) is 4.12. The molecular weight excluding hydrogens is 62.8 g/mol. The number of hydrogen-bond donors (Lipinski definition) is 1. The molecule has 0 aliphatic heterocycles. The summed E-state index contributed by atoms with van der Waals surface area (Å²) in [5.74, 6) is 0. The Morgan fingerprint density at radius 1 is 1.80 bits per heavy atom. The lowest BCUT2D eigenvalue weighted by Gasteiger charge is -1.76. The van der Waals surface area contributed by atoms with Gasteiger partial charge in [0.15, 0.2) is 0 Å². The van der Waals surface area contributed by atoms with Crippen LogP contribution in [0.5, 0.6) is 0 Å². The first-order chi connectivity index (χ1) is 2.41. The van der Waals surface area contributed by atoms with E-state index in [1.165, 1.54) is 0 Å². The average Bonchev–Trinajstić information content (AvgIpc) is 1.41. The van der Waals surface area contributed by atoms with Crippen LogP contribution in [0.2, 0.25) is 13.1 Å². The van der Waals surface area contributed by atoms with Gasteiger partial charge in [-0.15, -0.1) is 0 Å². The Kier molecular flexibility index (Phi) is 4.05. The van der Waals surface area contributed by atoms with Crippen LogP contribution in [0, 0.1) is 0 Å². The third kappa shape index (κ3) is 4.02. The van der Waals surface area contributed by atoms with E-state index in [0.717, 1.165) is 13.6 Å². The van der Waals surface area contributed by atoms with Gasteiger partial charge >= 0.3 is 0 Å². The molecule has 0 aliphatic rings. The number of aliphatic hydroxyl groups excluding tert-OH is 1. The van der Waals surface area contributed by atoms with Crippen LogP contribution in [-0.4, -0.2) is 19.0 Å². The monoisotopic (exact) mass is 72.1 g/mol. The summed E-state index contributed by atoms with van der Waals surface area (Å²) in [4.78, 5) is 0. The Bertz CT molecular complexity index is 14.4. The van der Waals surface area contributed by atoms with Gasteiger partial charge in [0.25, 0.3) is 0 Å². The number of rotatable bonds is 2. The second kappa shape index (κ2) is 4.02. The van der Waals surface area contributed by atoms with E-state index in [1.807, 2.05) is 0 Å². The molecule has 0 aliphatic carbocycles. The molecule has 0 unspecified atom stereocenters. The minimum absolute atomic E-state index is 0.344. The van der Waals surface area contributed by atoms with Crippen LogP contribution in [0.1, 0.15) is 0 Å². The van der Waals surface area contributed by atoms with E-state index in [4.69, 9.17) is 5.11 Å². The molecule has 2 heteroatoms. The number of hydrogen-bond acceptors (Lipinski definition) is 1. The van der Waals surface area contributed by atoms with Gasteiger partial charge < -0.3 is 5.11 Å². The molecule has 0 amide bonds. The van der Waals surface area contributed by atoms with Crippen LogP contribution in [0.4, 0.5) is 0 Å². The molecule has 0 heterocycles. The molecule has 0 bridgehead atoms. The van der Waals surface area contributed by atoms with Crippen LogP contribution in [0.25, 0.3) is 0 Å². The molecule has 5 heavy (non-hydrogen) atoms. The predicted octanol–water partition coefficient (Wildman–Crippen LogP) is -0.118. The number of aliphatic hydroxyl groups is 1. The first kappa shape index (κ1) is 5.02. The van der Waals surface area contributed by atoms with Gasteiger partial charge in [0, 0.05) is 6.61 Å². The summed E-state index contributed by atoms with van der Waals surface area (Å²) < 4.78 is 0. The van der Waals surface area contributed by atoms with Gasteiger partial charge in [-0.2, -0.15) is 0 Å². The highest BCUT2D eigenvalue weighted by Gasteiger charge is 1.72. The third-order valence-corrected chi connectivity index (χ3v) is 0.512. The smallest absolute Gasteiger partial charge is 0.120 e. The highest BCUT2D eigenvalue weighted by atomic mass is 16.2. The second-order valence-electron chi connectivity index (χ2n) is 1.08. The maximum absolute atomic E-state index is 8.07. The zero-order valence-electron chi connectivity index (χ0n) is 3.57. The molecule has 0 rings (SSSR count). The molecule has 30 valence electrons. The average molecular weight is 71.9 g/mol. The van der Waals surface area contributed by atoms with Gasteiger partial charge in [-0.25, -0.2) is 0 Å². The molecule has 0 saturated carbocycles. The van der Waals surface area contributed by atoms with Crippen molar-refractivity contribution in [3.63, 3.8) is 0 Å². The lowest BCUT2D eigenvalue weighted by Crippen LogP contribution is -1.83. The summed E-state index contributed by atoms with van der Waals surface area (Å²) in [6.45, 7) is 2.40. The summed E-state index contributed by atoms with van der Waals surface area (Å²) in [5.41, 5.74) is 0. The Hall–Kier alpha value is 0.0249. The van der Waals surface area contributed by atoms with Crippen LogP contribution in [0.15, 0.2) is 0 Å². The Balaban J connectivity index is 2.19. The molecule has 0 aromatic heterocycles. The van der Waals surface area contributed by atoms with Crippen molar-refractivity contribution in [3.8, 4) is 0 Å². The molecular formula is C3H9BO. The summed E-state index contributed by atoms with van der Waals surface area (Å²) in [5, 5.41) is 8.07. The van der Waals surface area contributed by atoms with E-state index in [9.17, 15) is 0 Å². The van der Waals surface area contributed by atoms with E-state index in [2.05, 4.69) is 6.82 Å². The van der Waals surface area contributed by atoms with E-state index in [1.54, 1.807) is 0 Å². The van der Waals surface area contributed by atoms with Crippen molar-refractivity contribution in [1.82, 2.24) is 0 Å². The third-order valence-electron chi connectivity index (χ3n) is 0.512. The molecule has 0 fully saturated rings. The summed E-state index contributed by atoms with van der Waals surface area (Å²) in [7, 11) is 1.09. The molecule has 0 aromatic carbocycles. The Labute approximate surface area is 33.3 Å². The summed E-state index contributed by atoms with van der Waals surface area (Å²) in [6.07, 6.45) is 0.944. The quantitative estimate of drug-likeness (QED) is 0.451. The van der Waals surface area contributed by atoms with Crippen molar-refractivity contribution in [1.29, 1.82) is 0 Å². The Morgan fingerprint density at radius 2 is 2.40 bits per heavy atom. The molecule has 0 radical (unpaired) electrons. The molecule has 0 saturated heterocycles. The van der Waals surface area contributed by atoms with E-state index < -0.39 is 0 Å². The van der Waals surface area contributed by atoms with Gasteiger partial charge in [0.1, 0.15) is 7.28 Å². The van der Waals surface area contributed by atoms with Gasteiger partial charge in [-0.3, -0.25) is 0 Å². The fourth-order valence-corrected chi connectivity index (χ4v) is 0.158. The maximum Gasteiger partial charge on any atom is 0.120 e. The highest BCUT2D eigenvalue weighted by Crippen LogP contribution is 1.68. The minimum atomic E-state index is 0.344. The molecule has 0 atom stereocenters. The summed E-state index contributed by atoms with van der Waals surface area (Å²) >= 11 is 0.